The Morgan fingerprint density at radius 2 is 1.40 bits per heavy atom. The van der Waals surface area contributed by atoms with Crippen LogP contribution in [0.1, 0.15) is 85.1 Å². The largest absolute Gasteiger partial charge is 0.508 e. The molecule has 3 aliphatic heterocycles. The summed E-state index contributed by atoms with van der Waals surface area (Å²) in [6.45, 7) is 1.47. The standard InChI is InChI=1S/C21H36N5O16P3.C20H12O5/c1-14(27)22-9-4-2-3-5-10-23-17(28)6-7-18(29)24-15-12-20(26-11-8-19(30)25-21(26)31)40-16(15)13-39-44(35,36)42-45(37,38)41-43(32,33)34;21-11-5-7-15-17(9-11)24-18-10-12(22)6-8-16(18)20(15)14-4-2-1-3-13(14)19(23)25-20/h8,11,15-16,20H,2-7,9-10,12-13H2,1H3,(H,22,27)(H,23,28)(H,24,29)(H,35,36)(H,37,38)(H,25,30,31)(H2,32,33,34);1-10,21-22H/t15-,16+,20+;/m0./s1. The van der Waals surface area contributed by atoms with Crippen LogP contribution in [0.4, 0.5) is 0 Å². The van der Waals surface area contributed by atoms with Gasteiger partial charge in [-0.15, -0.1) is 0 Å². The lowest BCUT2D eigenvalue weighted by atomic mass is 9.77. The van der Waals surface area contributed by atoms with E-state index in [-0.39, 0.29) is 36.7 Å². The van der Waals surface area contributed by atoms with Gasteiger partial charge in [0.15, 0.2) is 5.60 Å². The van der Waals surface area contributed by atoms with Gasteiger partial charge in [0.2, 0.25) is 17.7 Å². The first kappa shape index (κ1) is 53.3. The monoisotopic (exact) mass is 1040 g/mol. The van der Waals surface area contributed by atoms with Crippen LogP contribution in [0.5, 0.6) is 23.0 Å². The molecular weight excluding hydrogens is 991 g/mol. The number of phenols is 2. The van der Waals surface area contributed by atoms with E-state index in [4.69, 9.17) is 24.0 Å². The van der Waals surface area contributed by atoms with Gasteiger partial charge in [-0.2, -0.15) is 8.62 Å². The molecule has 1 fully saturated rings. The van der Waals surface area contributed by atoms with E-state index >= 15 is 0 Å². The van der Waals surface area contributed by atoms with E-state index in [0.29, 0.717) is 53.3 Å². The SMILES string of the molecule is CC(=O)NCCCCCCNC(=O)CCC(=O)N[C@H]1C[C@H](n2ccc(=O)[nH]c2=O)O[C@@H]1COP(=O)(O)OP(=O)(O)OP(=O)(O)O.O=C1OC2(c3ccc(O)cc3Oc3cc(O)ccc32)c2ccccc21. The fourth-order valence-electron chi connectivity index (χ4n) is 7.68. The Hall–Kier alpha value is -6.01. The molecule has 378 valence electrons. The van der Waals surface area contributed by atoms with Gasteiger partial charge < -0.3 is 59.9 Å². The van der Waals surface area contributed by atoms with Crippen LogP contribution in [0.3, 0.4) is 0 Å². The number of nitrogens with zero attached hydrogens (tertiary/aromatic N) is 1. The maximum absolute atomic E-state index is 12.6. The number of phenolic OH excluding ortho intramolecular Hbond substituents is 2. The molecule has 29 heteroatoms. The molecule has 10 N–H and O–H groups in total. The summed E-state index contributed by atoms with van der Waals surface area (Å²) < 4.78 is 64.9. The molecular formula is C41H48N5O21P3. The Balaban J connectivity index is 0.000000266. The lowest BCUT2D eigenvalue weighted by Crippen LogP contribution is -2.42. The van der Waals surface area contributed by atoms with Crippen molar-refractivity contribution in [2.45, 2.75) is 75.8 Å². The van der Waals surface area contributed by atoms with E-state index in [1.54, 1.807) is 24.3 Å². The van der Waals surface area contributed by atoms with Crippen molar-refractivity contribution in [1.82, 2.24) is 25.5 Å². The molecule has 5 atom stereocenters. The maximum Gasteiger partial charge on any atom is 0.490 e. The third kappa shape index (κ3) is 13.9. The van der Waals surface area contributed by atoms with Crippen LogP contribution in [0.2, 0.25) is 0 Å². The van der Waals surface area contributed by atoms with Gasteiger partial charge in [-0.05, 0) is 43.2 Å². The number of aromatic amines is 1. The number of aromatic nitrogens is 2. The van der Waals surface area contributed by atoms with Gasteiger partial charge in [0.1, 0.15) is 35.3 Å². The van der Waals surface area contributed by atoms with E-state index in [1.807, 2.05) is 17.1 Å². The third-order valence-electron chi connectivity index (χ3n) is 10.6. The van der Waals surface area contributed by atoms with Crippen molar-refractivity contribution in [3.63, 3.8) is 0 Å². The predicted octanol–water partition coefficient (Wildman–Crippen LogP) is 2.91. The number of nitrogens with one attached hydrogen (secondary N) is 4. The molecule has 1 saturated heterocycles. The first-order valence-corrected chi connectivity index (χ1v) is 25.7. The molecule has 2 unspecified atom stereocenters. The van der Waals surface area contributed by atoms with Gasteiger partial charge in [-0.1, -0.05) is 31.0 Å². The smallest absolute Gasteiger partial charge is 0.490 e. The summed E-state index contributed by atoms with van der Waals surface area (Å²) >= 11 is 0. The molecule has 0 saturated carbocycles. The Kier molecular flexibility index (Phi) is 17.1. The number of fused-ring (bicyclic) bond motifs is 6. The molecule has 3 aliphatic rings. The second-order valence-corrected chi connectivity index (χ2v) is 20.2. The van der Waals surface area contributed by atoms with E-state index in [9.17, 15) is 62.5 Å². The number of hydrogen-bond donors (Lipinski definition) is 10. The fraction of sp³-hybridized carbons (Fsp3) is 0.366. The lowest BCUT2D eigenvalue weighted by molar-refractivity contribution is -0.127. The second kappa shape index (κ2) is 22.4. The Morgan fingerprint density at radius 1 is 0.786 bits per heavy atom. The second-order valence-electron chi connectivity index (χ2n) is 15.8. The van der Waals surface area contributed by atoms with Crippen molar-refractivity contribution in [1.29, 1.82) is 0 Å². The van der Waals surface area contributed by atoms with Gasteiger partial charge in [0.25, 0.3) is 5.56 Å². The highest BCUT2D eigenvalue weighted by atomic mass is 31.3. The molecule has 3 aromatic carbocycles. The van der Waals surface area contributed by atoms with Crippen LogP contribution < -0.4 is 31.9 Å². The Labute approximate surface area is 396 Å². The number of H-pyrrole nitrogens is 1. The van der Waals surface area contributed by atoms with Gasteiger partial charge in [0, 0.05) is 80.4 Å². The van der Waals surface area contributed by atoms with Crippen LogP contribution >= 0.6 is 23.5 Å². The number of amides is 3. The number of phosphoric acid groups is 3. The van der Waals surface area contributed by atoms with Gasteiger partial charge in [-0.25, -0.2) is 23.3 Å². The minimum Gasteiger partial charge on any atom is -0.508 e. The van der Waals surface area contributed by atoms with Crippen molar-refractivity contribution < 1.29 is 90.0 Å². The first-order valence-electron chi connectivity index (χ1n) is 21.2. The van der Waals surface area contributed by atoms with Crippen molar-refractivity contribution in [3.8, 4) is 23.0 Å². The Morgan fingerprint density at radius 3 is 2.01 bits per heavy atom. The summed E-state index contributed by atoms with van der Waals surface area (Å²) in [6, 6.07) is 16.6. The summed E-state index contributed by atoms with van der Waals surface area (Å²) in [7, 11) is -16.9. The highest BCUT2D eigenvalue weighted by molar-refractivity contribution is 7.66. The minimum atomic E-state index is -5.79. The van der Waals surface area contributed by atoms with E-state index in [0.717, 1.165) is 36.1 Å². The number of hydrogen-bond acceptors (Lipinski definition) is 17. The topological polar surface area (TPSA) is 387 Å². The van der Waals surface area contributed by atoms with Gasteiger partial charge >= 0.3 is 35.1 Å². The molecule has 1 spiro atoms. The number of carbonyl (C=O) groups excluding carboxylic acids is 4. The summed E-state index contributed by atoms with van der Waals surface area (Å²) in [6.07, 6.45) is 1.22. The highest BCUT2D eigenvalue weighted by Crippen LogP contribution is 2.66. The normalized spacial score (nSPS) is 19.1. The number of esters is 1. The van der Waals surface area contributed by atoms with Crippen molar-refractivity contribution in [2.24, 2.45) is 0 Å². The predicted molar refractivity (Wildman–Crippen MR) is 239 cm³/mol. The molecule has 1 aromatic heterocycles. The number of benzene rings is 3. The zero-order valence-corrected chi connectivity index (χ0v) is 39.5. The summed E-state index contributed by atoms with van der Waals surface area (Å²) in [5, 5.41) is 27.6. The van der Waals surface area contributed by atoms with Gasteiger partial charge in [0.05, 0.1) is 18.2 Å². The average molecular weight is 1040 g/mol. The zero-order valence-electron chi connectivity index (χ0n) is 36.8. The highest BCUT2D eigenvalue weighted by Gasteiger charge is 2.53. The van der Waals surface area contributed by atoms with E-state index in [1.165, 1.54) is 31.2 Å². The van der Waals surface area contributed by atoms with E-state index in [2.05, 4.69) is 29.1 Å². The molecule has 7 rings (SSSR count). The van der Waals surface area contributed by atoms with Crippen LogP contribution in [0.25, 0.3) is 0 Å². The molecule has 3 amide bonds. The van der Waals surface area contributed by atoms with Gasteiger partial charge in [-0.3, -0.25) is 33.3 Å². The summed E-state index contributed by atoms with van der Waals surface area (Å²) in [5.74, 6) is -0.733. The van der Waals surface area contributed by atoms with Crippen molar-refractivity contribution >= 4 is 47.2 Å². The molecule has 0 radical (unpaired) electrons. The Bertz CT molecular complexity index is 2830. The molecule has 70 heavy (non-hydrogen) atoms. The first-order chi connectivity index (χ1) is 32.9. The number of phosphoric ester groups is 1. The molecule has 4 heterocycles. The maximum atomic E-state index is 12.6. The number of carbonyl (C=O) groups is 4. The number of aromatic hydroxyl groups is 2. The summed E-state index contributed by atoms with van der Waals surface area (Å²) in [5.41, 5.74) is -0.301. The van der Waals surface area contributed by atoms with Crippen LogP contribution in [-0.4, -0.2) is 94.9 Å². The van der Waals surface area contributed by atoms with Crippen molar-refractivity contribution in [2.75, 3.05) is 19.7 Å². The third-order valence-corrected chi connectivity index (χ3v) is 14.4. The fourth-order valence-corrected chi connectivity index (χ4v) is 10.7. The van der Waals surface area contributed by atoms with E-state index < -0.39 is 83.1 Å². The van der Waals surface area contributed by atoms with Crippen molar-refractivity contribution in [3.05, 3.63) is 116 Å². The van der Waals surface area contributed by atoms with Crippen LogP contribution in [-0.2, 0) is 56.3 Å². The number of unbranched alkanes of at least 4 members (excludes halogenated alkanes) is 3. The zero-order chi connectivity index (χ0) is 51.0. The van der Waals surface area contributed by atoms with Crippen LogP contribution in [0.15, 0.2) is 82.5 Å². The molecule has 26 nitrogen and oxygen atoms in total. The number of rotatable bonds is 19. The quantitative estimate of drug-likeness (QED) is 0.0366. The minimum absolute atomic E-state index is 0.0371. The summed E-state index contributed by atoms with van der Waals surface area (Å²) in [4.78, 5) is 110. The molecule has 4 aromatic rings. The molecule has 0 aliphatic carbocycles. The number of ether oxygens (including phenoxy) is 3. The van der Waals surface area contributed by atoms with Crippen LogP contribution in [0, 0.1) is 0 Å². The lowest BCUT2D eigenvalue weighted by Gasteiger charge is -2.36. The molecule has 0 bridgehead atoms. The average Bonchev–Trinajstić information content (AvgIpc) is 3.79.